The lowest BCUT2D eigenvalue weighted by molar-refractivity contribution is 0.460. The van der Waals surface area contributed by atoms with E-state index in [2.05, 4.69) is 10.1 Å². The Morgan fingerprint density at radius 2 is 2.22 bits per heavy atom. The largest absolute Gasteiger partial charge is 0.380 e. The zero-order valence-corrected chi connectivity index (χ0v) is 11.0. The van der Waals surface area contributed by atoms with Crippen LogP contribution in [0.3, 0.4) is 0 Å². The second kappa shape index (κ2) is 4.19. The van der Waals surface area contributed by atoms with Gasteiger partial charge in [0.15, 0.2) is 11.4 Å². The van der Waals surface area contributed by atoms with Gasteiger partial charge in [0.2, 0.25) is 0 Å². The van der Waals surface area contributed by atoms with Gasteiger partial charge in [0.25, 0.3) is 0 Å². The van der Waals surface area contributed by atoms with E-state index in [1.807, 2.05) is 0 Å². The lowest BCUT2D eigenvalue weighted by Crippen LogP contribution is -2.26. The van der Waals surface area contributed by atoms with Crippen LogP contribution >= 0.6 is 23.2 Å². The summed E-state index contributed by atoms with van der Waals surface area (Å²) in [6.45, 7) is 1.61. The second-order valence-electron chi connectivity index (χ2n) is 4.46. The zero-order valence-electron chi connectivity index (χ0n) is 9.49. The third kappa shape index (κ3) is 1.70. The van der Waals surface area contributed by atoms with Crippen LogP contribution in [0.5, 0.6) is 0 Å². The first-order valence-electron chi connectivity index (χ1n) is 5.61. The lowest BCUT2D eigenvalue weighted by Gasteiger charge is -2.18. The SMILES string of the molecule is Nc1noc2c(N3CCC(N)C3)cc(Cl)c(Cl)c12. The number of anilines is 2. The van der Waals surface area contributed by atoms with E-state index < -0.39 is 0 Å². The third-order valence-electron chi connectivity index (χ3n) is 3.21. The van der Waals surface area contributed by atoms with Gasteiger partial charge in [-0.3, -0.25) is 0 Å². The first kappa shape index (κ1) is 11.9. The fraction of sp³-hybridized carbons (Fsp3) is 0.364. The van der Waals surface area contributed by atoms with E-state index in [1.165, 1.54) is 0 Å². The number of nitrogens with zero attached hydrogens (tertiary/aromatic N) is 2. The first-order valence-corrected chi connectivity index (χ1v) is 6.37. The van der Waals surface area contributed by atoms with Crippen molar-refractivity contribution < 1.29 is 4.52 Å². The van der Waals surface area contributed by atoms with Gasteiger partial charge in [-0.05, 0) is 12.5 Å². The second-order valence-corrected chi connectivity index (χ2v) is 5.24. The molecule has 1 unspecified atom stereocenters. The van der Waals surface area contributed by atoms with Crippen LogP contribution in [0.2, 0.25) is 10.0 Å². The van der Waals surface area contributed by atoms with E-state index in [-0.39, 0.29) is 11.9 Å². The zero-order chi connectivity index (χ0) is 12.9. The van der Waals surface area contributed by atoms with Gasteiger partial charge in [-0.1, -0.05) is 28.4 Å². The summed E-state index contributed by atoms with van der Waals surface area (Å²) < 4.78 is 5.26. The van der Waals surface area contributed by atoms with Gasteiger partial charge in [-0.15, -0.1) is 0 Å². The number of benzene rings is 1. The minimum atomic E-state index is 0.162. The highest BCUT2D eigenvalue weighted by Crippen LogP contribution is 2.41. The van der Waals surface area contributed by atoms with E-state index in [1.54, 1.807) is 6.07 Å². The maximum Gasteiger partial charge on any atom is 0.193 e. The minimum absolute atomic E-state index is 0.162. The Labute approximate surface area is 114 Å². The number of nitrogens with two attached hydrogens (primary N) is 2. The Balaban J connectivity index is 2.20. The van der Waals surface area contributed by atoms with Crippen molar-refractivity contribution >= 4 is 45.7 Å². The highest BCUT2D eigenvalue weighted by atomic mass is 35.5. The van der Waals surface area contributed by atoms with Crippen molar-refractivity contribution in [2.45, 2.75) is 12.5 Å². The highest BCUT2D eigenvalue weighted by Gasteiger charge is 2.25. The van der Waals surface area contributed by atoms with Crippen molar-refractivity contribution in [3.63, 3.8) is 0 Å². The number of hydrogen-bond acceptors (Lipinski definition) is 5. The minimum Gasteiger partial charge on any atom is -0.380 e. The van der Waals surface area contributed by atoms with Gasteiger partial charge in [-0.25, -0.2) is 0 Å². The molecule has 0 amide bonds. The first-order chi connectivity index (χ1) is 8.58. The van der Waals surface area contributed by atoms with E-state index in [9.17, 15) is 0 Å². The van der Waals surface area contributed by atoms with E-state index >= 15 is 0 Å². The van der Waals surface area contributed by atoms with Gasteiger partial charge in [0, 0.05) is 19.1 Å². The fourth-order valence-corrected chi connectivity index (χ4v) is 2.73. The van der Waals surface area contributed by atoms with Gasteiger partial charge in [0.1, 0.15) is 0 Å². The summed E-state index contributed by atoms with van der Waals surface area (Å²) in [5.41, 5.74) is 13.1. The fourth-order valence-electron chi connectivity index (χ4n) is 2.30. The molecule has 5 nitrogen and oxygen atoms in total. The molecule has 4 N–H and O–H groups in total. The summed E-state index contributed by atoms with van der Waals surface area (Å²) in [6, 6.07) is 1.93. The van der Waals surface area contributed by atoms with Crippen LogP contribution in [0.25, 0.3) is 11.0 Å². The summed E-state index contributed by atoms with van der Waals surface area (Å²) in [7, 11) is 0. The Hall–Kier alpha value is -1.17. The molecule has 0 radical (unpaired) electrons. The summed E-state index contributed by atoms with van der Waals surface area (Å²) in [4.78, 5) is 2.11. The van der Waals surface area contributed by atoms with Crippen molar-refractivity contribution in [2.24, 2.45) is 5.73 Å². The normalized spacial score (nSPS) is 19.9. The highest BCUT2D eigenvalue weighted by molar-refractivity contribution is 6.46. The Morgan fingerprint density at radius 3 is 2.89 bits per heavy atom. The molecule has 96 valence electrons. The smallest absolute Gasteiger partial charge is 0.193 e. The quantitative estimate of drug-likeness (QED) is 0.840. The van der Waals surface area contributed by atoms with Gasteiger partial charge >= 0.3 is 0 Å². The third-order valence-corrected chi connectivity index (χ3v) is 4.00. The standard InChI is InChI=1S/C11H12Cl2N4O/c12-6-3-7(17-2-1-5(14)4-17)10-8(9(6)13)11(15)16-18-10/h3,5H,1-2,4,14H2,(H2,15,16). The summed E-state index contributed by atoms with van der Waals surface area (Å²) in [6.07, 6.45) is 0.936. The maximum absolute atomic E-state index is 6.12. The number of rotatable bonds is 1. The topological polar surface area (TPSA) is 81.3 Å². The monoisotopic (exact) mass is 286 g/mol. The van der Waals surface area contributed by atoms with Gasteiger partial charge < -0.3 is 20.9 Å². The number of hydrogen-bond donors (Lipinski definition) is 2. The molecule has 0 bridgehead atoms. The number of fused-ring (bicyclic) bond motifs is 1. The molecule has 1 aliphatic heterocycles. The lowest BCUT2D eigenvalue weighted by atomic mass is 10.2. The number of nitrogen functional groups attached to an aromatic ring is 1. The molecular formula is C11H12Cl2N4O. The number of halogens is 2. The van der Waals surface area contributed by atoms with E-state index in [0.29, 0.717) is 21.0 Å². The summed E-state index contributed by atoms with van der Waals surface area (Å²) >= 11 is 12.2. The predicted molar refractivity (Wildman–Crippen MR) is 73.2 cm³/mol. The molecule has 18 heavy (non-hydrogen) atoms. The van der Waals surface area contributed by atoms with Crippen LogP contribution in [-0.2, 0) is 0 Å². The van der Waals surface area contributed by atoms with Crippen molar-refractivity contribution in [2.75, 3.05) is 23.7 Å². The maximum atomic E-state index is 6.12. The predicted octanol–water partition coefficient (Wildman–Crippen LogP) is 2.25. The van der Waals surface area contributed by atoms with Gasteiger partial charge in [0.05, 0.1) is 21.1 Å². The van der Waals surface area contributed by atoms with Gasteiger partial charge in [-0.2, -0.15) is 0 Å². The molecule has 7 heteroatoms. The molecule has 0 spiro atoms. The van der Waals surface area contributed by atoms with Crippen LogP contribution < -0.4 is 16.4 Å². The average Bonchev–Trinajstić information content (AvgIpc) is 2.91. The van der Waals surface area contributed by atoms with E-state index in [4.69, 9.17) is 39.2 Å². The van der Waals surface area contributed by atoms with Crippen molar-refractivity contribution in [3.8, 4) is 0 Å². The van der Waals surface area contributed by atoms with Crippen LogP contribution in [0, 0.1) is 0 Å². The van der Waals surface area contributed by atoms with Crippen LogP contribution in [0.4, 0.5) is 11.5 Å². The molecule has 3 rings (SSSR count). The van der Waals surface area contributed by atoms with Crippen molar-refractivity contribution in [3.05, 3.63) is 16.1 Å². The number of aromatic nitrogens is 1. The van der Waals surface area contributed by atoms with Crippen molar-refractivity contribution in [1.82, 2.24) is 5.16 Å². The van der Waals surface area contributed by atoms with Crippen molar-refractivity contribution in [1.29, 1.82) is 0 Å². The molecule has 1 aromatic carbocycles. The Bertz CT molecular complexity index is 613. The molecule has 1 atom stereocenters. The molecule has 1 aromatic heterocycles. The molecule has 0 saturated carbocycles. The van der Waals surface area contributed by atoms with E-state index in [0.717, 1.165) is 25.2 Å². The Kier molecular flexibility index (Phi) is 2.77. The summed E-state index contributed by atoms with van der Waals surface area (Å²) in [5, 5.41) is 5.13. The molecule has 1 aliphatic rings. The molecule has 1 saturated heterocycles. The average molecular weight is 287 g/mol. The Morgan fingerprint density at radius 1 is 1.44 bits per heavy atom. The molecule has 2 heterocycles. The summed E-state index contributed by atoms with van der Waals surface area (Å²) in [5.74, 6) is 0.252. The van der Waals surface area contributed by atoms with Crippen LogP contribution in [-0.4, -0.2) is 24.3 Å². The van der Waals surface area contributed by atoms with Crippen LogP contribution in [0.1, 0.15) is 6.42 Å². The molecular weight excluding hydrogens is 275 g/mol. The molecule has 1 fully saturated rings. The molecule has 2 aromatic rings. The molecule has 0 aliphatic carbocycles. The van der Waals surface area contributed by atoms with Crippen LogP contribution in [0.15, 0.2) is 10.6 Å².